The van der Waals surface area contributed by atoms with Crippen molar-refractivity contribution in [3.63, 3.8) is 0 Å². The molecule has 2 saturated carbocycles. The number of nitrogens with one attached hydrogen (secondary N) is 4. The minimum atomic E-state index is -0.911. The van der Waals surface area contributed by atoms with Crippen molar-refractivity contribution in [2.24, 2.45) is 23.7 Å². The van der Waals surface area contributed by atoms with Crippen molar-refractivity contribution in [2.45, 2.75) is 76.2 Å². The number of alkyl carbamates (subject to hydrolysis) is 2. The number of fused-ring (bicyclic) bond motifs is 2. The number of H-pyrrole nitrogens is 2. The zero-order chi connectivity index (χ0) is 46.5. The topological polar surface area (TPSA) is 193 Å². The van der Waals surface area contributed by atoms with E-state index in [2.05, 4.69) is 46.6 Å². The number of methoxy groups -OCH3 is 2. The van der Waals surface area contributed by atoms with Crippen LogP contribution in [-0.4, -0.2) is 80.0 Å². The van der Waals surface area contributed by atoms with Crippen LogP contribution in [0, 0.1) is 23.7 Å². The van der Waals surface area contributed by atoms with Crippen molar-refractivity contribution >= 4 is 24.0 Å². The van der Waals surface area contributed by atoms with Gasteiger partial charge in [-0.05, 0) is 71.9 Å². The van der Waals surface area contributed by atoms with Gasteiger partial charge in [0, 0.05) is 45.5 Å². The molecule has 4 aromatic carbocycles. The minimum Gasteiger partial charge on any atom is -0.488 e. The Morgan fingerprint density at radius 1 is 0.632 bits per heavy atom. The van der Waals surface area contributed by atoms with Crippen LogP contribution in [0.15, 0.2) is 97.3 Å². The first-order chi connectivity index (χ1) is 33.1. The summed E-state index contributed by atoms with van der Waals surface area (Å²) in [7, 11) is 2.58. The lowest BCUT2D eigenvalue weighted by atomic mass is 9.87. The number of imidazole rings is 2. The van der Waals surface area contributed by atoms with E-state index in [0.29, 0.717) is 59.7 Å². The minimum absolute atomic E-state index is 0.0507. The molecule has 12 rings (SSSR count). The molecule has 346 valence electrons. The molecule has 2 aliphatic carbocycles. The molecule has 4 fully saturated rings. The molecule has 6 aliphatic rings. The summed E-state index contributed by atoms with van der Waals surface area (Å²) >= 11 is 0. The molecule has 0 spiro atoms. The Morgan fingerprint density at radius 3 is 1.44 bits per heavy atom. The van der Waals surface area contributed by atoms with E-state index in [0.717, 1.165) is 69.1 Å². The van der Waals surface area contributed by atoms with Crippen LogP contribution in [0.2, 0.25) is 0 Å². The van der Waals surface area contributed by atoms with E-state index in [-0.39, 0.29) is 36.0 Å². The van der Waals surface area contributed by atoms with Crippen LogP contribution < -0.4 is 20.1 Å². The zero-order valence-corrected chi connectivity index (χ0v) is 37.9. The highest BCUT2D eigenvalue weighted by Crippen LogP contribution is 2.59. The van der Waals surface area contributed by atoms with E-state index in [9.17, 15) is 19.2 Å². The number of likely N-dealkylation sites (tertiary alicyclic amines) is 2. The Bertz CT molecular complexity index is 2760. The molecule has 2 aromatic heterocycles. The van der Waals surface area contributed by atoms with Gasteiger partial charge in [0.05, 0.1) is 50.1 Å². The van der Waals surface area contributed by atoms with Crippen LogP contribution in [0.3, 0.4) is 0 Å². The number of piperidine rings is 2. The summed E-state index contributed by atoms with van der Waals surface area (Å²) in [5.41, 5.74) is 8.70. The molecule has 68 heavy (non-hydrogen) atoms. The van der Waals surface area contributed by atoms with E-state index >= 15 is 0 Å². The van der Waals surface area contributed by atoms with Gasteiger partial charge in [-0.2, -0.15) is 0 Å². The lowest BCUT2D eigenvalue weighted by Gasteiger charge is -2.31. The monoisotopic (exact) mass is 914 g/mol. The average molecular weight is 915 g/mol. The highest BCUT2D eigenvalue weighted by Gasteiger charge is 2.63. The molecule has 4 N–H and O–H groups in total. The lowest BCUT2D eigenvalue weighted by Crippen LogP contribution is -2.44. The van der Waals surface area contributed by atoms with Crippen LogP contribution in [-0.2, 0) is 32.3 Å². The molecule has 10 atom stereocenters. The Balaban J connectivity index is 0.800. The number of carbonyl (C=O) groups is 4. The molecule has 6 aromatic rings. The predicted molar refractivity (Wildman–Crippen MR) is 246 cm³/mol. The number of ether oxygens (including phenoxy) is 4. The highest BCUT2D eigenvalue weighted by atomic mass is 16.5. The number of hydrogen-bond donors (Lipinski definition) is 4. The molecule has 6 heterocycles. The Hall–Kier alpha value is -7.62. The molecule has 4 aliphatic heterocycles. The van der Waals surface area contributed by atoms with E-state index < -0.39 is 24.3 Å². The van der Waals surface area contributed by atoms with Gasteiger partial charge in [-0.25, -0.2) is 19.6 Å². The molecule has 2 saturated heterocycles. The molecule has 16 nitrogen and oxygen atoms in total. The van der Waals surface area contributed by atoms with Crippen molar-refractivity contribution in [2.75, 3.05) is 14.2 Å². The molecular weight excluding hydrogens is 865 g/mol. The van der Waals surface area contributed by atoms with Crippen LogP contribution in [0.1, 0.15) is 84.8 Å². The maximum Gasteiger partial charge on any atom is 0.407 e. The standard InChI is InChI=1S/C52H50N8O8/c1-25-33-19-37(59(45(25)33)49(61)43(57-51(63)65-3)27-11-7-5-8-12-27)47-53-21-35(55-47)29-15-31-23-68-40-18-30(16-32-24-67-39(17-29)41(31)42(32)40)36-22-54-48(56-36)38-20-34-26(2)46(34)60(38)50(62)44(58-52(64)66-4)28-13-9-6-10-14-28/h5-18,21-22,25-26,33-34,37-38,43-46H,19-20,23-24H2,1-4H3,(H,53,55)(H,54,56)(H,57,63)(H,58,64)/t25-,26-,33?,34?,37+,38+,43-,44-,45?,46?/m1/s1. The second-order valence-corrected chi connectivity index (χ2v) is 18.9. The summed E-state index contributed by atoms with van der Waals surface area (Å²) in [4.78, 5) is 74.5. The van der Waals surface area contributed by atoms with Gasteiger partial charge in [0.2, 0.25) is 0 Å². The largest absolute Gasteiger partial charge is 0.488 e. The number of aromatic nitrogens is 4. The number of aromatic amines is 2. The number of benzene rings is 4. The fourth-order valence-electron chi connectivity index (χ4n) is 11.7. The van der Waals surface area contributed by atoms with Crippen molar-refractivity contribution in [1.29, 1.82) is 0 Å². The third-order valence-electron chi connectivity index (χ3n) is 15.3. The molecule has 16 heteroatoms. The first-order valence-electron chi connectivity index (χ1n) is 23.2. The fourth-order valence-corrected chi connectivity index (χ4v) is 11.7. The van der Waals surface area contributed by atoms with E-state index in [1.165, 1.54) is 14.2 Å². The lowest BCUT2D eigenvalue weighted by molar-refractivity contribution is -0.136. The highest BCUT2D eigenvalue weighted by molar-refractivity contribution is 5.90. The first-order valence-corrected chi connectivity index (χ1v) is 23.2. The Labute approximate surface area is 391 Å². The van der Waals surface area contributed by atoms with Gasteiger partial charge in [-0.15, -0.1) is 0 Å². The van der Waals surface area contributed by atoms with Crippen molar-refractivity contribution < 1.29 is 38.1 Å². The van der Waals surface area contributed by atoms with E-state index in [1.807, 2.05) is 95.0 Å². The fraction of sp³-hybridized carbons (Fsp3) is 0.346. The van der Waals surface area contributed by atoms with Crippen molar-refractivity contribution in [1.82, 2.24) is 40.4 Å². The summed E-state index contributed by atoms with van der Waals surface area (Å²) < 4.78 is 22.9. The maximum atomic E-state index is 14.5. The smallest absolute Gasteiger partial charge is 0.407 e. The molecule has 0 radical (unpaired) electrons. The normalized spacial score (nSPS) is 25.1. The molecule has 4 unspecified atom stereocenters. The van der Waals surface area contributed by atoms with Gasteiger partial charge in [0.25, 0.3) is 11.8 Å². The first kappa shape index (κ1) is 41.8. The SMILES string of the molecule is COC(=O)N[C@@H](C(=O)N1C2C(C[C@H]1c1ncc(-c3cc4c5c(c3)OCc3cc(-c6cnc([C@@H]7CC8C([C@@H]8C)N7C(=O)[C@H](NC(=O)OC)c7ccccc7)[nH]6)cc(c3-5)OC4)[nH]1)[C@H]2C)c1ccccc1. The molecule has 4 amide bonds. The van der Waals surface area contributed by atoms with Gasteiger partial charge >= 0.3 is 12.2 Å². The maximum absolute atomic E-state index is 14.5. The predicted octanol–water partition coefficient (Wildman–Crippen LogP) is 7.93. The van der Waals surface area contributed by atoms with Gasteiger partial charge in [-0.3, -0.25) is 9.59 Å². The summed E-state index contributed by atoms with van der Waals surface area (Å²) in [5, 5.41) is 5.55. The summed E-state index contributed by atoms with van der Waals surface area (Å²) in [6.45, 7) is 4.98. The van der Waals surface area contributed by atoms with Crippen LogP contribution in [0.4, 0.5) is 9.59 Å². The Kier molecular flexibility index (Phi) is 9.85. The van der Waals surface area contributed by atoms with Gasteiger partial charge in [-0.1, -0.05) is 74.5 Å². The number of hydrogen-bond acceptors (Lipinski definition) is 10. The zero-order valence-electron chi connectivity index (χ0n) is 37.9. The Morgan fingerprint density at radius 2 is 1.04 bits per heavy atom. The second kappa shape index (κ2) is 16.0. The van der Waals surface area contributed by atoms with Gasteiger partial charge in [0.1, 0.15) is 48.4 Å². The summed E-state index contributed by atoms with van der Waals surface area (Å²) in [6.07, 6.45) is 3.80. The molecular formula is C52H50N8O8. The molecule has 0 bridgehead atoms. The van der Waals surface area contributed by atoms with Crippen LogP contribution >= 0.6 is 0 Å². The van der Waals surface area contributed by atoms with Gasteiger partial charge in [0.15, 0.2) is 0 Å². The number of rotatable bonds is 10. The van der Waals surface area contributed by atoms with E-state index in [4.69, 9.17) is 28.9 Å². The van der Waals surface area contributed by atoms with Crippen molar-refractivity contribution in [3.05, 3.63) is 131 Å². The van der Waals surface area contributed by atoms with E-state index in [1.54, 1.807) is 0 Å². The number of carbonyl (C=O) groups excluding carboxylic acids is 4. The summed E-state index contributed by atoms with van der Waals surface area (Å²) in [6, 6.07) is 24.5. The summed E-state index contributed by atoms with van der Waals surface area (Å²) in [5.74, 6) is 3.87. The quantitative estimate of drug-likeness (QED) is 0.105. The number of amides is 4. The second-order valence-electron chi connectivity index (χ2n) is 18.9. The average Bonchev–Trinajstić information content (AvgIpc) is 3.84. The van der Waals surface area contributed by atoms with Gasteiger partial charge < -0.3 is 49.3 Å². The third-order valence-corrected chi connectivity index (χ3v) is 15.3. The van der Waals surface area contributed by atoms with Crippen LogP contribution in [0.5, 0.6) is 11.5 Å². The third kappa shape index (κ3) is 6.78. The van der Waals surface area contributed by atoms with Crippen LogP contribution in [0.25, 0.3) is 33.6 Å². The van der Waals surface area contributed by atoms with Crippen molar-refractivity contribution in [3.8, 4) is 45.1 Å². The number of nitrogens with zero attached hydrogens (tertiary/aromatic N) is 4.